The molecule has 0 saturated heterocycles. The SMILES string of the molecule is CCCCCCCCCCCCCCCC(=O)N[C@@H](CCC(=O)CCCOCCOCCOCCOCCOCCOCCOCCOCCOCCOCCOCCOCCOCCOCCOCCOCCOCCOCC)C(=O)O.CCOCCOCCOCCOCCOCCOCCC(=O)CCCCC[C@H](N)C(=O)O. The van der Waals surface area contributed by atoms with Gasteiger partial charge in [-0.1, -0.05) is 96.8 Å². The Balaban J connectivity index is 0. The van der Waals surface area contributed by atoms with Gasteiger partial charge in [0.05, 0.1) is 297 Å². The third-order valence-electron chi connectivity index (χ3n) is 16.5. The lowest BCUT2D eigenvalue weighted by Gasteiger charge is -2.14. The van der Waals surface area contributed by atoms with Crippen LogP contribution in [0.2, 0.25) is 0 Å². The molecule has 0 aliphatic rings. The lowest BCUT2D eigenvalue weighted by atomic mass is 10.0. The third-order valence-corrected chi connectivity index (χ3v) is 16.5. The molecular weight excluding hydrogens is 1510 g/mol. The maximum Gasteiger partial charge on any atom is 0.326 e. The number of carboxylic acid groups (broad SMARTS) is 2. The van der Waals surface area contributed by atoms with Gasteiger partial charge in [-0.3, -0.25) is 19.2 Å². The number of carbonyl (C=O) groups is 5. The summed E-state index contributed by atoms with van der Waals surface area (Å²) in [7, 11) is 0. The number of rotatable bonds is 101. The predicted octanol–water partition coefficient (Wildman–Crippen LogP) is 7.91. The first kappa shape index (κ1) is 114. The molecule has 115 heavy (non-hydrogen) atoms. The number of nitrogens with one attached hydrogen (secondary N) is 1. The number of aliphatic carboxylic acids is 2. The second-order valence-electron chi connectivity index (χ2n) is 26.3. The van der Waals surface area contributed by atoms with E-state index < -0.39 is 24.0 Å². The molecule has 0 radical (unpaired) electrons. The molecule has 0 fully saturated rings. The first-order valence-electron chi connectivity index (χ1n) is 43.0. The zero-order valence-corrected chi connectivity index (χ0v) is 71.4. The Morgan fingerprint density at radius 3 is 0.704 bits per heavy atom. The van der Waals surface area contributed by atoms with E-state index >= 15 is 0 Å². The Morgan fingerprint density at radius 1 is 0.226 bits per heavy atom. The maximum atomic E-state index is 12.4. The molecule has 0 spiro atoms. The molecule has 33 heteroatoms. The van der Waals surface area contributed by atoms with E-state index in [1.807, 2.05) is 13.8 Å². The van der Waals surface area contributed by atoms with Crippen LogP contribution in [0.15, 0.2) is 0 Å². The largest absolute Gasteiger partial charge is 0.480 e. The van der Waals surface area contributed by atoms with Crippen LogP contribution in [0.4, 0.5) is 0 Å². The van der Waals surface area contributed by atoms with Crippen LogP contribution < -0.4 is 11.1 Å². The predicted molar refractivity (Wildman–Crippen MR) is 433 cm³/mol. The summed E-state index contributed by atoms with van der Waals surface area (Å²) in [5, 5.41) is 20.9. The fraction of sp³-hybridized carbons (Fsp3) is 0.939. The summed E-state index contributed by atoms with van der Waals surface area (Å²) < 4.78 is 131. The minimum absolute atomic E-state index is 0.0444. The topological polar surface area (TPSA) is 385 Å². The monoisotopic (exact) mass is 1670 g/mol. The first-order chi connectivity index (χ1) is 56.6. The van der Waals surface area contributed by atoms with Crippen molar-refractivity contribution in [2.45, 2.75) is 187 Å². The number of amides is 1. The number of nitrogens with two attached hydrogens (primary N) is 1. The van der Waals surface area contributed by atoms with Crippen LogP contribution in [0, 0.1) is 0 Å². The summed E-state index contributed by atoms with van der Waals surface area (Å²) in [6, 6.07) is -1.86. The van der Waals surface area contributed by atoms with E-state index in [1.54, 1.807) is 0 Å². The highest BCUT2D eigenvalue weighted by Gasteiger charge is 2.21. The van der Waals surface area contributed by atoms with Gasteiger partial charge in [0.2, 0.25) is 5.91 Å². The molecule has 0 heterocycles. The Morgan fingerprint density at radius 2 is 0.443 bits per heavy atom. The van der Waals surface area contributed by atoms with Gasteiger partial charge in [0.15, 0.2) is 0 Å². The molecule has 2 atom stereocenters. The number of carboxylic acids is 2. The molecular formula is C82H160N2O31. The average Bonchev–Trinajstić information content (AvgIpc) is 0.934. The highest BCUT2D eigenvalue weighted by atomic mass is 16.6. The number of Topliss-reactive ketones (excluding diaryl/α,β-unsaturated/α-hetero) is 2. The van der Waals surface area contributed by atoms with Crippen molar-refractivity contribution < 1.29 is 148 Å². The number of carbonyl (C=O) groups excluding carboxylic acids is 3. The minimum atomic E-state index is -1.11. The molecule has 33 nitrogen and oxygen atoms in total. The smallest absolute Gasteiger partial charge is 0.326 e. The van der Waals surface area contributed by atoms with E-state index in [1.165, 1.54) is 64.2 Å². The van der Waals surface area contributed by atoms with Gasteiger partial charge in [-0.05, 0) is 46.0 Å². The van der Waals surface area contributed by atoms with Crippen LogP contribution in [0.3, 0.4) is 0 Å². The van der Waals surface area contributed by atoms with E-state index in [9.17, 15) is 29.1 Å². The van der Waals surface area contributed by atoms with Crippen LogP contribution in [0.1, 0.15) is 175 Å². The quantitative estimate of drug-likeness (QED) is 0.0420. The van der Waals surface area contributed by atoms with Gasteiger partial charge in [-0.15, -0.1) is 0 Å². The Bertz CT molecular complexity index is 1970. The summed E-state index contributed by atoms with van der Waals surface area (Å²) in [6.07, 6.45) is 20.8. The number of hydrogen-bond donors (Lipinski definition) is 4. The van der Waals surface area contributed by atoms with Crippen molar-refractivity contribution in [3.63, 3.8) is 0 Å². The summed E-state index contributed by atoms with van der Waals surface area (Å²) in [4.78, 5) is 58.8. The molecule has 0 bridgehead atoms. The average molecular weight is 1670 g/mol. The van der Waals surface area contributed by atoms with E-state index in [0.717, 1.165) is 38.5 Å². The molecule has 0 unspecified atom stereocenters. The maximum absolute atomic E-state index is 12.4. The molecule has 5 N–H and O–H groups in total. The molecule has 0 saturated carbocycles. The molecule has 0 aromatic heterocycles. The number of ether oxygens (including phenoxy) is 24. The summed E-state index contributed by atoms with van der Waals surface area (Å²) in [5.41, 5.74) is 5.43. The molecule has 0 aliphatic heterocycles. The molecule has 0 rings (SSSR count). The Labute approximate surface area is 689 Å². The molecule has 0 aromatic rings. The standard InChI is InChI=1S/C60H117NO22.C22H43NO9/c1-3-5-6-7-8-9-10-11-12-13-14-15-16-19-59(63)61-58(60(64)65)21-20-57(62)18-17-22-67-25-26-69-29-30-71-33-34-73-37-38-75-41-42-77-45-46-79-49-50-81-53-54-83-56-55-82-52-51-80-48-47-78-44-43-76-40-39-74-36-35-72-32-31-70-28-27-68-24-23-66-4-2;1-2-27-10-11-29-14-15-31-18-19-32-17-16-30-13-12-28-9-8-20(24)6-4-3-5-7-21(23)22(25)26/h58H,3-56H2,1-2H3,(H,61,63)(H,64,65);21H,2-19,23H2,1H3,(H,25,26)/t58-;21-/m00/s1. The second kappa shape index (κ2) is 101. The Kier molecular flexibility index (Phi) is 100. The second-order valence-corrected chi connectivity index (χ2v) is 26.3. The molecule has 0 aliphatic carbocycles. The van der Waals surface area contributed by atoms with Crippen LogP contribution in [0.25, 0.3) is 0 Å². The number of ketones is 2. The zero-order chi connectivity index (χ0) is 83.6. The lowest BCUT2D eigenvalue weighted by molar-refractivity contribution is -0.142. The van der Waals surface area contributed by atoms with Gasteiger partial charge in [-0.25, -0.2) is 4.79 Å². The fourth-order valence-electron chi connectivity index (χ4n) is 10.1. The summed E-state index contributed by atoms with van der Waals surface area (Å²) in [5.74, 6) is -2.25. The van der Waals surface area contributed by atoms with Crippen LogP contribution >= 0.6 is 0 Å². The van der Waals surface area contributed by atoms with Gasteiger partial charge >= 0.3 is 11.9 Å². The summed E-state index contributed by atoms with van der Waals surface area (Å²) in [6.45, 7) is 30.0. The Hall–Kier alpha value is -3.25. The van der Waals surface area contributed by atoms with Gasteiger partial charge in [0, 0.05) is 51.9 Å². The van der Waals surface area contributed by atoms with Crippen molar-refractivity contribution in [3.05, 3.63) is 0 Å². The number of hydrogen-bond acceptors (Lipinski definition) is 30. The van der Waals surface area contributed by atoms with Gasteiger partial charge in [-0.2, -0.15) is 0 Å². The van der Waals surface area contributed by atoms with Gasteiger partial charge in [0.25, 0.3) is 0 Å². The first-order valence-corrected chi connectivity index (χ1v) is 43.0. The van der Waals surface area contributed by atoms with E-state index in [2.05, 4.69) is 12.2 Å². The fourth-order valence-corrected chi connectivity index (χ4v) is 10.1. The molecule has 0 aromatic carbocycles. The molecule has 1 amide bonds. The third kappa shape index (κ3) is 101. The zero-order valence-electron chi connectivity index (χ0n) is 71.4. The van der Waals surface area contributed by atoms with Crippen molar-refractivity contribution in [1.29, 1.82) is 0 Å². The van der Waals surface area contributed by atoms with Crippen molar-refractivity contribution in [2.24, 2.45) is 5.73 Å². The normalized spacial score (nSPS) is 12.0. The van der Waals surface area contributed by atoms with Crippen LogP contribution in [-0.4, -0.2) is 369 Å². The highest BCUT2D eigenvalue weighted by molar-refractivity contribution is 5.84. The van der Waals surface area contributed by atoms with E-state index in [-0.39, 0.29) is 30.3 Å². The van der Waals surface area contributed by atoms with E-state index in [0.29, 0.717) is 356 Å². The van der Waals surface area contributed by atoms with E-state index in [4.69, 9.17) is 125 Å². The van der Waals surface area contributed by atoms with Crippen LogP contribution in [-0.2, 0) is 138 Å². The molecule has 684 valence electrons. The van der Waals surface area contributed by atoms with Crippen molar-refractivity contribution in [3.8, 4) is 0 Å². The van der Waals surface area contributed by atoms with Gasteiger partial charge < -0.3 is 135 Å². The van der Waals surface area contributed by atoms with Crippen molar-refractivity contribution >= 4 is 29.4 Å². The minimum Gasteiger partial charge on any atom is -0.480 e. The van der Waals surface area contributed by atoms with Gasteiger partial charge in [0.1, 0.15) is 23.7 Å². The van der Waals surface area contributed by atoms with Crippen LogP contribution in [0.5, 0.6) is 0 Å². The summed E-state index contributed by atoms with van der Waals surface area (Å²) >= 11 is 0. The van der Waals surface area contributed by atoms with Crippen molar-refractivity contribution in [1.82, 2.24) is 5.32 Å². The lowest BCUT2D eigenvalue weighted by Crippen LogP contribution is -2.41. The highest BCUT2D eigenvalue weighted by Crippen LogP contribution is 2.14. The number of unbranched alkanes of at least 4 members (excludes halogenated alkanes) is 14. The van der Waals surface area contributed by atoms with Crippen molar-refractivity contribution in [2.75, 3.05) is 317 Å².